The zero-order chi connectivity index (χ0) is 35.0. The molecular weight excluding hydrogens is 636 g/mol. The van der Waals surface area contributed by atoms with E-state index in [1.807, 2.05) is 19.1 Å². The van der Waals surface area contributed by atoms with E-state index in [0.29, 0.717) is 48.4 Å². The number of aliphatic carboxylic acids is 1. The van der Waals surface area contributed by atoms with Crippen LogP contribution in [0.25, 0.3) is 0 Å². The first kappa shape index (κ1) is 36.9. The zero-order valence-corrected chi connectivity index (χ0v) is 28.0. The molecule has 2 fully saturated rings. The maximum atomic E-state index is 13.6. The Kier molecular flexibility index (Phi) is 12.7. The quantitative estimate of drug-likeness (QED) is 0.0865. The molecular formula is C34H46F4N4O6. The number of carboxylic acid groups (broad SMARTS) is 1. The van der Waals surface area contributed by atoms with E-state index in [-0.39, 0.29) is 41.4 Å². The number of alkyl halides is 4. The van der Waals surface area contributed by atoms with Gasteiger partial charge in [-0.15, -0.1) is 0 Å². The van der Waals surface area contributed by atoms with Crippen LogP contribution in [-0.2, 0) is 17.9 Å². The number of hydrogen-bond donors (Lipinski definition) is 3. The van der Waals surface area contributed by atoms with Crippen LogP contribution < -0.4 is 29.6 Å². The van der Waals surface area contributed by atoms with Crippen molar-refractivity contribution in [1.82, 2.24) is 9.80 Å². The van der Waals surface area contributed by atoms with Crippen LogP contribution in [0.5, 0.6) is 23.0 Å². The van der Waals surface area contributed by atoms with Gasteiger partial charge in [0.05, 0.1) is 11.4 Å². The molecule has 0 radical (unpaired) electrons. The second-order valence-corrected chi connectivity index (χ2v) is 12.7. The summed E-state index contributed by atoms with van der Waals surface area (Å²) in [7, 11) is 3.31. The number of benzene rings is 2. The summed E-state index contributed by atoms with van der Waals surface area (Å²) in [5.41, 5.74) is 2.01. The number of halogens is 4. The molecule has 266 valence electrons. The van der Waals surface area contributed by atoms with Gasteiger partial charge in [-0.25, -0.2) is 0 Å². The van der Waals surface area contributed by atoms with Crippen molar-refractivity contribution in [3.05, 3.63) is 47.5 Å². The highest BCUT2D eigenvalue weighted by atomic mass is 19.3. The number of hydrogen-bond acceptors (Lipinski definition) is 9. The minimum Gasteiger partial charge on any atom is -0.480 e. The average Bonchev–Trinajstić information content (AvgIpc) is 3.46. The molecule has 2 aliphatic heterocycles. The predicted molar refractivity (Wildman–Crippen MR) is 174 cm³/mol. The number of carbonyl (C=O) groups is 1. The molecule has 48 heavy (non-hydrogen) atoms. The van der Waals surface area contributed by atoms with Crippen LogP contribution in [0.15, 0.2) is 36.4 Å². The molecule has 2 aliphatic rings. The smallest absolute Gasteiger partial charge is 0.387 e. The molecule has 2 aromatic rings. The Morgan fingerprint density at radius 2 is 1.44 bits per heavy atom. The van der Waals surface area contributed by atoms with Crippen molar-refractivity contribution in [2.75, 3.05) is 44.4 Å². The molecule has 0 saturated carbocycles. The Hall–Kier alpha value is -3.91. The van der Waals surface area contributed by atoms with E-state index in [2.05, 4.69) is 29.4 Å². The van der Waals surface area contributed by atoms with Gasteiger partial charge in [0.2, 0.25) is 6.29 Å². The van der Waals surface area contributed by atoms with Gasteiger partial charge in [-0.05, 0) is 43.4 Å². The lowest BCUT2D eigenvalue weighted by molar-refractivity contribution is -0.142. The molecule has 0 spiro atoms. The Morgan fingerprint density at radius 3 is 1.90 bits per heavy atom. The van der Waals surface area contributed by atoms with Crippen LogP contribution in [0.3, 0.4) is 0 Å². The Balaban J connectivity index is 1.66. The van der Waals surface area contributed by atoms with Crippen molar-refractivity contribution in [1.29, 1.82) is 0 Å². The first-order valence-corrected chi connectivity index (χ1v) is 16.1. The number of nitrogens with zero attached hydrogens (tertiary/aromatic N) is 2. The van der Waals surface area contributed by atoms with Gasteiger partial charge in [-0.1, -0.05) is 32.9 Å². The number of carboxylic acids is 1. The van der Waals surface area contributed by atoms with Crippen LogP contribution in [0, 0.1) is 5.41 Å². The Labute approximate surface area is 279 Å². The van der Waals surface area contributed by atoms with E-state index < -0.39 is 31.5 Å². The van der Waals surface area contributed by atoms with Gasteiger partial charge in [-0.2, -0.15) is 17.6 Å². The van der Waals surface area contributed by atoms with Crippen molar-refractivity contribution in [3.8, 4) is 23.0 Å². The van der Waals surface area contributed by atoms with Crippen LogP contribution in [0.2, 0.25) is 0 Å². The molecule has 2 heterocycles. The lowest BCUT2D eigenvalue weighted by Gasteiger charge is -2.46. The average molecular weight is 683 g/mol. The van der Waals surface area contributed by atoms with Crippen molar-refractivity contribution >= 4 is 17.3 Å². The normalized spacial score (nSPS) is 18.6. The number of likely N-dealkylation sites (tertiary alicyclic amines) is 2. The first-order valence-electron chi connectivity index (χ1n) is 16.1. The van der Waals surface area contributed by atoms with Gasteiger partial charge in [0.15, 0.2) is 11.5 Å². The highest BCUT2D eigenvalue weighted by molar-refractivity contribution is 5.74. The highest BCUT2D eigenvalue weighted by Crippen LogP contribution is 2.40. The standard InChI is InChI=1S/C34H46F4N4O6/c1-6-7-8-11-30(45-28-15-26(47-32(35)36)21(13-23(28)39-4)17-41-19-34(2,3)20-41)46-29-16-27(48-33(37)38)22(14-24(29)40-5)18-42-12-9-10-25(42)31(43)44/h7-8,13-16,25,30,32-33,39-40H,6,9-12,17-20H2,1-5H3,(H,43,44)/b8-7-/t25-,30?/m0/s1. The molecule has 0 amide bonds. The SMILES string of the molecule is CC/C=C\CC(Oc1cc(OC(F)F)c(CN2CC(C)(C)C2)cc1NC)Oc1cc(OC(F)F)c(CN2CCC[C@H]2C(=O)O)cc1NC. The van der Waals surface area contributed by atoms with Crippen molar-refractivity contribution in [2.24, 2.45) is 5.41 Å². The number of allylic oxidation sites excluding steroid dienone is 1. The maximum absolute atomic E-state index is 13.6. The third-order valence-corrected chi connectivity index (χ3v) is 8.26. The number of rotatable bonds is 18. The predicted octanol–water partition coefficient (Wildman–Crippen LogP) is 7.00. The molecule has 2 saturated heterocycles. The van der Waals surface area contributed by atoms with E-state index in [1.54, 1.807) is 31.1 Å². The van der Waals surface area contributed by atoms with E-state index in [4.69, 9.17) is 18.9 Å². The van der Waals surface area contributed by atoms with Crippen molar-refractivity contribution in [2.45, 2.75) is 85.1 Å². The summed E-state index contributed by atoms with van der Waals surface area (Å²) in [6, 6.07) is 5.29. The summed E-state index contributed by atoms with van der Waals surface area (Å²) in [4.78, 5) is 15.6. The molecule has 2 aromatic carbocycles. The minimum atomic E-state index is -3.14. The fraction of sp³-hybridized carbons (Fsp3) is 0.559. The van der Waals surface area contributed by atoms with Gasteiger partial charge in [0.1, 0.15) is 17.5 Å². The van der Waals surface area contributed by atoms with Crippen LogP contribution >= 0.6 is 0 Å². The van der Waals surface area contributed by atoms with Crippen LogP contribution in [-0.4, -0.2) is 80.2 Å². The fourth-order valence-electron chi connectivity index (χ4n) is 6.26. The second kappa shape index (κ2) is 16.5. The molecule has 0 aromatic heterocycles. The molecule has 0 aliphatic carbocycles. The number of nitrogens with one attached hydrogen (secondary N) is 2. The summed E-state index contributed by atoms with van der Waals surface area (Å²) >= 11 is 0. The Bertz CT molecular complexity index is 1420. The highest BCUT2D eigenvalue weighted by Gasteiger charge is 2.35. The number of ether oxygens (including phenoxy) is 4. The summed E-state index contributed by atoms with van der Waals surface area (Å²) in [5, 5.41) is 15.7. The van der Waals surface area contributed by atoms with Gasteiger partial charge < -0.3 is 34.7 Å². The number of anilines is 2. The lowest BCUT2D eigenvalue weighted by Crippen LogP contribution is -2.52. The molecule has 1 unspecified atom stereocenters. The van der Waals surface area contributed by atoms with E-state index in [0.717, 1.165) is 19.5 Å². The van der Waals surface area contributed by atoms with Gasteiger partial charge >= 0.3 is 19.2 Å². The summed E-state index contributed by atoms with van der Waals surface area (Å²) in [6.07, 6.45) is 4.79. The molecule has 0 bridgehead atoms. The fourth-order valence-corrected chi connectivity index (χ4v) is 6.26. The van der Waals surface area contributed by atoms with Crippen molar-refractivity contribution < 1.29 is 46.4 Å². The van der Waals surface area contributed by atoms with Crippen LogP contribution in [0.1, 0.15) is 57.6 Å². The molecule has 14 heteroatoms. The monoisotopic (exact) mass is 682 g/mol. The van der Waals surface area contributed by atoms with Gasteiger partial charge in [0.25, 0.3) is 0 Å². The Morgan fingerprint density at radius 1 is 0.896 bits per heavy atom. The van der Waals surface area contributed by atoms with Crippen LogP contribution in [0.4, 0.5) is 28.9 Å². The van der Waals surface area contributed by atoms with Gasteiger partial charge in [0, 0.05) is 70.0 Å². The maximum Gasteiger partial charge on any atom is 0.387 e. The minimum absolute atomic E-state index is 0.0268. The van der Waals surface area contributed by atoms with Crippen molar-refractivity contribution in [3.63, 3.8) is 0 Å². The molecule has 2 atom stereocenters. The van der Waals surface area contributed by atoms with E-state index in [1.165, 1.54) is 12.1 Å². The summed E-state index contributed by atoms with van der Waals surface area (Å²) in [5.74, 6) is -0.842. The topological polar surface area (TPSA) is 105 Å². The van der Waals surface area contributed by atoms with E-state index >= 15 is 0 Å². The summed E-state index contributed by atoms with van der Waals surface area (Å²) in [6.45, 7) is 2.66. The molecule has 10 nitrogen and oxygen atoms in total. The molecule has 3 N–H and O–H groups in total. The third kappa shape index (κ3) is 9.82. The van der Waals surface area contributed by atoms with Gasteiger partial charge in [-0.3, -0.25) is 14.6 Å². The second-order valence-electron chi connectivity index (χ2n) is 12.7. The lowest BCUT2D eigenvalue weighted by atomic mass is 9.84. The largest absolute Gasteiger partial charge is 0.480 e. The summed E-state index contributed by atoms with van der Waals surface area (Å²) < 4.78 is 76.6. The zero-order valence-electron chi connectivity index (χ0n) is 28.0. The van der Waals surface area contributed by atoms with E-state index in [9.17, 15) is 27.5 Å². The third-order valence-electron chi connectivity index (χ3n) is 8.26. The molecule has 4 rings (SSSR count). The first-order chi connectivity index (χ1) is 22.8.